The maximum absolute atomic E-state index is 13.0. The standard InChI is InChI=1S/C15H14ClF2N3O/c16-11-1-2-14(21-9-11)19-3-4-20-15(22)7-10-5-12(17)8-13(18)6-10/h1-2,5-6,8-9H,3-4,7H2,(H,19,21)(H,20,22). The van der Waals surface area contributed by atoms with Crippen molar-refractivity contribution in [2.24, 2.45) is 0 Å². The highest BCUT2D eigenvalue weighted by Crippen LogP contribution is 2.09. The summed E-state index contributed by atoms with van der Waals surface area (Å²) in [4.78, 5) is 15.7. The van der Waals surface area contributed by atoms with E-state index in [1.54, 1.807) is 12.1 Å². The summed E-state index contributed by atoms with van der Waals surface area (Å²) in [5.74, 6) is -1.06. The molecular weight excluding hydrogens is 312 g/mol. The summed E-state index contributed by atoms with van der Waals surface area (Å²) in [6.07, 6.45) is 1.44. The summed E-state index contributed by atoms with van der Waals surface area (Å²) >= 11 is 5.71. The number of pyridine rings is 1. The average Bonchev–Trinajstić information content (AvgIpc) is 2.44. The molecule has 0 unspecified atom stereocenters. The molecule has 0 radical (unpaired) electrons. The molecule has 4 nitrogen and oxygen atoms in total. The molecular formula is C15H14ClF2N3O. The third-order valence-electron chi connectivity index (χ3n) is 2.77. The van der Waals surface area contributed by atoms with Crippen molar-refractivity contribution in [3.63, 3.8) is 0 Å². The lowest BCUT2D eigenvalue weighted by molar-refractivity contribution is -0.120. The lowest BCUT2D eigenvalue weighted by Crippen LogP contribution is -2.30. The number of nitrogens with zero attached hydrogens (tertiary/aromatic N) is 1. The summed E-state index contributed by atoms with van der Waals surface area (Å²) in [5.41, 5.74) is 0.294. The highest BCUT2D eigenvalue weighted by molar-refractivity contribution is 6.30. The minimum Gasteiger partial charge on any atom is -0.368 e. The van der Waals surface area contributed by atoms with Crippen LogP contribution in [0.25, 0.3) is 0 Å². The van der Waals surface area contributed by atoms with Gasteiger partial charge in [0.1, 0.15) is 17.5 Å². The van der Waals surface area contributed by atoms with Crippen LogP contribution in [0.5, 0.6) is 0 Å². The van der Waals surface area contributed by atoms with Crippen LogP contribution in [0.4, 0.5) is 14.6 Å². The van der Waals surface area contributed by atoms with Crippen LogP contribution >= 0.6 is 11.6 Å². The van der Waals surface area contributed by atoms with Crippen LogP contribution in [0.2, 0.25) is 5.02 Å². The number of anilines is 1. The van der Waals surface area contributed by atoms with E-state index in [1.807, 2.05) is 0 Å². The first-order valence-electron chi connectivity index (χ1n) is 6.60. The minimum absolute atomic E-state index is 0.0755. The number of hydrogen-bond acceptors (Lipinski definition) is 3. The Morgan fingerprint density at radius 1 is 1.14 bits per heavy atom. The predicted molar refractivity (Wildman–Crippen MR) is 80.8 cm³/mol. The predicted octanol–water partition coefficient (Wildman–Crippen LogP) is 2.78. The molecule has 0 saturated heterocycles. The van der Waals surface area contributed by atoms with Crippen LogP contribution in [-0.2, 0) is 11.2 Å². The van der Waals surface area contributed by atoms with Gasteiger partial charge >= 0.3 is 0 Å². The quantitative estimate of drug-likeness (QED) is 0.803. The number of amides is 1. The summed E-state index contributed by atoms with van der Waals surface area (Å²) < 4.78 is 26.0. The van der Waals surface area contributed by atoms with E-state index in [1.165, 1.54) is 6.20 Å². The Kier molecular flexibility index (Phi) is 5.66. The number of carbonyl (C=O) groups is 1. The third kappa shape index (κ3) is 5.29. The van der Waals surface area contributed by atoms with Crippen molar-refractivity contribution < 1.29 is 13.6 Å². The molecule has 1 amide bonds. The Hall–Kier alpha value is -2.21. The van der Waals surface area contributed by atoms with Gasteiger partial charge in [-0.15, -0.1) is 0 Å². The molecule has 0 fully saturated rings. The van der Waals surface area contributed by atoms with Gasteiger partial charge in [-0.3, -0.25) is 4.79 Å². The van der Waals surface area contributed by atoms with Gasteiger partial charge in [-0.25, -0.2) is 13.8 Å². The summed E-state index contributed by atoms with van der Waals surface area (Å²) in [6, 6.07) is 6.47. The first kappa shape index (κ1) is 16.2. The summed E-state index contributed by atoms with van der Waals surface area (Å²) in [7, 11) is 0. The Bertz CT molecular complexity index is 629. The Morgan fingerprint density at radius 3 is 2.50 bits per heavy atom. The zero-order valence-corrected chi connectivity index (χ0v) is 12.3. The zero-order chi connectivity index (χ0) is 15.9. The molecule has 0 aliphatic heterocycles. The first-order valence-corrected chi connectivity index (χ1v) is 6.98. The van der Waals surface area contributed by atoms with Gasteiger partial charge in [0.2, 0.25) is 5.91 Å². The minimum atomic E-state index is -0.696. The van der Waals surface area contributed by atoms with Gasteiger partial charge in [0.15, 0.2) is 0 Å². The van der Waals surface area contributed by atoms with Gasteiger partial charge < -0.3 is 10.6 Å². The number of halogens is 3. The Morgan fingerprint density at radius 2 is 1.86 bits per heavy atom. The largest absolute Gasteiger partial charge is 0.368 e. The number of rotatable bonds is 6. The van der Waals surface area contributed by atoms with Gasteiger partial charge in [0.05, 0.1) is 11.4 Å². The molecule has 1 heterocycles. The van der Waals surface area contributed by atoms with Crippen LogP contribution in [0.1, 0.15) is 5.56 Å². The van der Waals surface area contributed by atoms with Crippen molar-refractivity contribution in [3.05, 3.63) is 58.7 Å². The topological polar surface area (TPSA) is 54.0 Å². The average molecular weight is 326 g/mol. The normalized spacial score (nSPS) is 10.3. The van der Waals surface area contributed by atoms with E-state index in [0.717, 1.165) is 18.2 Å². The number of carbonyl (C=O) groups excluding carboxylic acids is 1. The van der Waals surface area contributed by atoms with Crippen LogP contribution < -0.4 is 10.6 Å². The van der Waals surface area contributed by atoms with Gasteiger partial charge in [-0.1, -0.05) is 11.6 Å². The highest BCUT2D eigenvalue weighted by atomic mass is 35.5. The van der Waals surface area contributed by atoms with Crippen molar-refractivity contribution in [1.29, 1.82) is 0 Å². The van der Waals surface area contributed by atoms with Crippen LogP contribution in [0, 0.1) is 11.6 Å². The molecule has 116 valence electrons. The van der Waals surface area contributed by atoms with Crippen molar-refractivity contribution in [2.45, 2.75) is 6.42 Å². The molecule has 0 saturated carbocycles. The van der Waals surface area contributed by atoms with Gasteiger partial charge in [0, 0.05) is 25.4 Å². The SMILES string of the molecule is O=C(Cc1cc(F)cc(F)c1)NCCNc1ccc(Cl)cn1. The van der Waals surface area contributed by atoms with E-state index < -0.39 is 11.6 Å². The van der Waals surface area contributed by atoms with Gasteiger partial charge in [0.25, 0.3) is 0 Å². The smallest absolute Gasteiger partial charge is 0.224 e. The Balaban J connectivity index is 1.72. The fraction of sp³-hybridized carbons (Fsp3) is 0.200. The van der Waals surface area contributed by atoms with Crippen molar-refractivity contribution >= 4 is 23.3 Å². The molecule has 0 bridgehead atoms. The molecule has 0 aliphatic carbocycles. The third-order valence-corrected chi connectivity index (χ3v) is 2.99. The number of aromatic nitrogens is 1. The van der Waals surface area contributed by atoms with Crippen LogP contribution in [0.3, 0.4) is 0 Å². The van der Waals surface area contributed by atoms with E-state index in [2.05, 4.69) is 15.6 Å². The van der Waals surface area contributed by atoms with E-state index in [9.17, 15) is 13.6 Å². The number of benzene rings is 1. The van der Waals surface area contributed by atoms with E-state index in [-0.39, 0.29) is 12.3 Å². The lowest BCUT2D eigenvalue weighted by atomic mass is 10.1. The van der Waals surface area contributed by atoms with Crippen molar-refractivity contribution in [1.82, 2.24) is 10.3 Å². The maximum Gasteiger partial charge on any atom is 0.224 e. The lowest BCUT2D eigenvalue weighted by Gasteiger charge is -2.07. The van der Waals surface area contributed by atoms with Crippen molar-refractivity contribution in [2.75, 3.05) is 18.4 Å². The second-order valence-electron chi connectivity index (χ2n) is 4.59. The molecule has 2 N–H and O–H groups in total. The summed E-state index contributed by atoms with van der Waals surface area (Å²) in [6.45, 7) is 0.832. The Labute approximate surface area is 131 Å². The molecule has 0 atom stereocenters. The number of nitrogens with one attached hydrogen (secondary N) is 2. The van der Waals surface area contributed by atoms with Crippen molar-refractivity contribution in [3.8, 4) is 0 Å². The monoisotopic (exact) mass is 325 g/mol. The highest BCUT2D eigenvalue weighted by Gasteiger charge is 2.06. The molecule has 2 aromatic rings. The first-order chi connectivity index (χ1) is 10.5. The van der Waals surface area contributed by atoms with E-state index >= 15 is 0 Å². The van der Waals surface area contributed by atoms with Crippen LogP contribution in [-0.4, -0.2) is 24.0 Å². The second kappa shape index (κ2) is 7.70. The number of hydrogen-bond donors (Lipinski definition) is 2. The molecule has 1 aromatic carbocycles. The maximum atomic E-state index is 13.0. The molecule has 0 aliphatic rings. The molecule has 2 rings (SSSR count). The molecule has 1 aromatic heterocycles. The van der Waals surface area contributed by atoms with E-state index in [4.69, 9.17) is 11.6 Å². The molecule has 0 spiro atoms. The molecule has 7 heteroatoms. The van der Waals surface area contributed by atoms with Gasteiger partial charge in [-0.2, -0.15) is 0 Å². The zero-order valence-electron chi connectivity index (χ0n) is 11.6. The van der Waals surface area contributed by atoms with Gasteiger partial charge in [-0.05, 0) is 29.8 Å². The fourth-order valence-electron chi connectivity index (χ4n) is 1.83. The molecule has 22 heavy (non-hydrogen) atoms. The second-order valence-corrected chi connectivity index (χ2v) is 5.03. The van der Waals surface area contributed by atoms with Crippen LogP contribution in [0.15, 0.2) is 36.5 Å². The summed E-state index contributed by atoms with van der Waals surface area (Å²) in [5, 5.41) is 6.20. The fourth-order valence-corrected chi connectivity index (χ4v) is 1.95. The van der Waals surface area contributed by atoms with E-state index in [0.29, 0.717) is 29.5 Å².